The summed E-state index contributed by atoms with van der Waals surface area (Å²) in [5, 5.41) is 11.1. The number of rotatable bonds is 5. The summed E-state index contributed by atoms with van der Waals surface area (Å²) >= 11 is 9.57. The summed E-state index contributed by atoms with van der Waals surface area (Å²) in [6.07, 6.45) is 0.846. The van der Waals surface area contributed by atoms with Crippen LogP contribution >= 0.6 is 34.7 Å². The van der Waals surface area contributed by atoms with Gasteiger partial charge in [-0.25, -0.2) is 8.97 Å². The zero-order valence-corrected chi connectivity index (χ0v) is 21.6. The van der Waals surface area contributed by atoms with Gasteiger partial charge in [0.2, 0.25) is 5.78 Å². The Balaban J connectivity index is 1.55. The van der Waals surface area contributed by atoms with E-state index in [1.165, 1.54) is 4.88 Å². The lowest BCUT2D eigenvalue weighted by atomic mass is 10.1. The van der Waals surface area contributed by atoms with Gasteiger partial charge in [-0.05, 0) is 54.9 Å². The van der Waals surface area contributed by atoms with Crippen molar-refractivity contribution < 1.29 is 4.74 Å². The SMILES string of the molecule is COc1ccc(CSc2nnc3n(-c4cccc(Cl)c4)c(=O)c4c5c(sc4n23)CN(C)CC5)cc1. The number of methoxy groups -OCH3 is 1. The second-order valence-electron chi connectivity index (χ2n) is 8.55. The van der Waals surface area contributed by atoms with Crippen LogP contribution in [0.3, 0.4) is 0 Å². The molecule has 0 amide bonds. The maximum Gasteiger partial charge on any atom is 0.268 e. The van der Waals surface area contributed by atoms with Crippen LogP contribution in [0.15, 0.2) is 58.5 Å². The van der Waals surface area contributed by atoms with Crippen molar-refractivity contribution in [3.8, 4) is 11.4 Å². The number of thioether (sulfide) groups is 1. The van der Waals surface area contributed by atoms with Crippen molar-refractivity contribution in [1.82, 2.24) is 24.1 Å². The molecule has 6 rings (SSSR count). The van der Waals surface area contributed by atoms with Gasteiger partial charge in [0.15, 0.2) is 5.16 Å². The van der Waals surface area contributed by atoms with Gasteiger partial charge in [0.25, 0.3) is 5.56 Å². The molecule has 0 saturated carbocycles. The first-order valence-corrected chi connectivity index (χ1v) is 13.4. The number of nitrogens with zero attached hydrogens (tertiary/aromatic N) is 5. The molecule has 3 aromatic heterocycles. The zero-order chi connectivity index (χ0) is 24.1. The number of thiophene rings is 1. The van der Waals surface area contributed by atoms with Gasteiger partial charge in [-0.15, -0.1) is 21.5 Å². The average Bonchev–Trinajstić information content (AvgIpc) is 3.44. The molecule has 0 saturated heterocycles. The summed E-state index contributed by atoms with van der Waals surface area (Å²) in [4.78, 5) is 18.4. The molecule has 0 fully saturated rings. The van der Waals surface area contributed by atoms with Crippen molar-refractivity contribution in [1.29, 1.82) is 0 Å². The van der Waals surface area contributed by atoms with E-state index in [4.69, 9.17) is 16.3 Å². The molecule has 0 radical (unpaired) electrons. The van der Waals surface area contributed by atoms with Crippen molar-refractivity contribution in [3.63, 3.8) is 0 Å². The van der Waals surface area contributed by atoms with Gasteiger partial charge in [0.05, 0.1) is 18.2 Å². The van der Waals surface area contributed by atoms with E-state index in [1.54, 1.807) is 46.9 Å². The molecule has 5 aromatic rings. The van der Waals surface area contributed by atoms with E-state index in [0.29, 0.717) is 16.5 Å². The van der Waals surface area contributed by atoms with Crippen LogP contribution in [0.4, 0.5) is 0 Å². The molecule has 0 aliphatic carbocycles. The third-order valence-electron chi connectivity index (χ3n) is 6.26. The van der Waals surface area contributed by atoms with Crippen LogP contribution in [-0.2, 0) is 18.7 Å². The fourth-order valence-corrected chi connectivity index (χ4v) is 7.04. The lowest BCUT2D eigenvalue weighted by Gasteiger charge is -2.21. The maximum atomic E-state index is 13.9. The van der Waals surface area contributed by atoms with Crippen molar-refractivity contribution in [3.05, 3.63) is 79.9 Å². The van der Waals surface area contributed by atoms with E-state index in [-0.39, 0.29) is 5.56 Å². The Morgan fingerprint density at radius 1 is 1.17 bits per heavy atom. The molecule has 2 aromatic carbocycles. The second-order valence-corrected chi connectivity index (χ2v) is 11.0. The Bertz CT molecular complexity index is 1620. The average molecular weight is 524 g/mol. The highest BCUT2D eigenvalue weighted by Gasteiger charge is 2.26. The number of fused-ring (bicyclic) bond motifs is 5. The van der Waals surface area contributed by atoms with Crippen LogP contribution in [0.5, 0.6) is 5.75 Å². The van der Waals surface area contributed by atoms with E-state index in [9.17, 15) is 4.79 Å². The molecule has 1 aliphatic rings. The quantitative estimate of drug-likeness (QED) is 0.301. The Labute approximate surface area is 214 Å². The molecule has 178 valence electrons. The summed E-state index contributed by atoms with van der Waals surface area (Å²) in [6, 6.07) is 15.3. The molecule has 0 N–H and O–H groups in total. The molecule has 0 bridgehead atoms. The summed E-state index contributed by atoms with van der Waals surface area (Å²) in [5.74, 6) is 2.04. The molecular formula is C25H22ClN5O2S2. The van der Waals surface area contributed by atoms with Crippen LogP contribution < -0.4 is 10.3 Å². The van der Waals surface area contributed by atoms with E-state index >= 15 is 0 Å². The fraction of sp³-hybridized carbons (Fsp3) is 0.240. The highest BCUT2D eigenvalue weighted by Crippen LogP contribution is 2.36. The normalized spacial score (nSPS) is 14.0. The maximum absolute atomic E-state index is 13.9. The molecule has 35 heavy (non-hydrogen) atoms. The minimum absolute atomic E-state index is 0.0732. The molecular weight excluding hydrogens is 502 g/mol. The predicted molar refractivity (Wildman–Crippen MR) is 142 cm³/mol. The summed E-state index contributed by atoms with van der Waals surface area (Å²) in [6.45, 7) is 1.76. The second kappa shape index (κ2) is 8.98. The van der Waals surface area contributed by atoms with Crippen LogP contribution in [0.25, 0.3) is 21.7 Å². The molecule has 1 aliphatic heterocycles. The van der Waals surface area contributed by atoms with E-state index < -0.39 is 0 Å². The summed E-state index contributed by atoms with van der Waals surface area (Å²) in [5.41, 5.74) is 2.90. The van der Waals surface area contributed by atoms with Gasteiger partial charge in [0, 0.05) is 28.7 Å². The Kier molecular flexibility index (Phi) is 5.80. The van der Waals surface area contributed by atoms with Crippen molar-refractivity contribution in [2.75, 3.05) is 20.7 Å². The van der Waals surface area contributed by atoms with Gasteiger partial charge < -0.3 is 9.64 Å². The number of hydrogen-bond acceptors (Lipinski definition) is 7. The fourth-order valence-electron chi connectivity index (χ4n) is 4.49. The first-order valence-electron chi connectivity index (χ1n) is 11.2. The van der Waals surface area contributed by atoms with Crippen LogP contribution in [0.1, 0.15) is 16.0 Å². The van der Waals surface area contributed by atoms with Crippen molar-refractivity contribution >= 4 is 50.7 Å². The highest BCUT2D eigenvalue weighted by molar-refractivity contribution is 7.98. The van der Waals surface area contributed by atoms with Gasteiger partial charge in [-0.2, -0.15) is 0 Å². The number of benzene rings is 2. The Hall–Kier alpha value is -2.85. The first-order chi connectivity index (χ1) is 17.0. The lowest BCUT2D eigenvalue weighted by Crippen LogP contribution is -2.27. The first kappa shape index (κ1) is 22.6. The van der Waals surface area contributed by atoms with E-state index in [0.717, 1.165) is 57.5 Å². The zero-order valence-electron chi connectivity index (χ0n) is 19.2. The van der Waals surface area contributed by atoms with E-state index in [1.807, 2.05) is 40.8 Å². The number of likely N-dealkylation sites (N-methyl/N-ethyl adjacent to an activating group) is 1. The standard InChI is InChI=1S/C25H22ClN5O2S2/c1-29-11-10-19-20(13-29)35-23-21(19)22(32)30(17-5-3-4-16(26)12-17)24-27-28-25(31(23)24)34-14-15-6-8-18(33-2)9-7-15/h3-9,12H,10-11,13-14H2,1-2H3. The minimum atomic E-state index is -0.0732. The van der Waals surface area contributed by atoms with Gasteiger partial charge in [0.1, 0.15) is 10.6 Å². The molecule has 10 heteroatoms. The highest BCUT2D eigenvalue weighted by atomic mass is 35.5. The van der Waals surface area contributed by atoms with Crippen LogP contribution in [0, 0.1) is 0 Å². The Morgan fingerprint density at radius 3 is 2.77 bits per heavy atom. The molecule has 4 heterocycles. The third kappa shape index (κ3) is 3.92. The third-order valence-corrected chi connectivity index (χ3v) is 8.70. The van der Waals surface area contributed by atoms with E-state index in [2.05, 4.69) is 22.1 Å². The lowest BCUT2D eigenvalue weighted by molar-refractivity contribution is 0.318. The predicted octanol–water partition coefficient (Wildman–Crippen LogP) is 5.04. The van der Waals surface area contributed by atoms with Gasteiger partial charge in [-0.1, -0.05) is 41.6 Å². The summed E-state index contributed by atoms with van der Waals surface area (Å²) < 4.78 is 8.95. The molecule has 0 spiro atoms. The number of halogens is 1. The minimum Gasteiger partial charge on any atom is -0.497 e. The topological polar surface area (TPSA) is 64.7 Å². The van der Waals surface area contributed by atoms with Crippen LogP contribution in [0.2, 0.25) is 5.02 Å². The largest absolute Gasteiger partial charge is 0.497 e. The van der Waals surface area contributed by atoms with Gasteiger partial charge in [-0.3, -0.25) is 4.79 Å². The number of hydrogen-bond donors (Lipinski definition) is 0. The Morgan fingerprint density at radius 2 is 2.00 bits per heavy atom. The summed E-state index contributed by atoms with van der Waals surface area (Å²) in [7, 11) is 3.78. The van der Waals surface area contributed by atoms with Gasteiger partial charge >= 0.3 is 0 Å². The molecule has 0 unspecified atom stereocenters. The molecule has 0 atom stereocenters. The molecule has 7 nitrogen and oxygen atoms in total. The van der Waals surface area contributed by atoms with Crippen molar-refractivity contribution in [2.45, 2.75) is 23.9 Å². The monoisotopic (exact) mass is 523 g/mol. The van der Waals surface area contributed by atoms with Crippen molar-refractivity contribution in [2.24, 2.45) is 0 Å². The van der Waals surface area contributed by atoms with Crippen LogP contribution in [-0.4, -0.2) is 44.8 Å². The smallest absolute Gasteiger partial charge is 0.268 e. The number of aromatic nitrogens is 4. The number of ether oxygens (including phenoxy) is 1.